The fourth-order valence-corrected chi connectivity index (χ4v) is 1.56. The van der Waals surface area contributed by atoms with Gasteiger partial charge < -0.3 is 14.6 Å². The van der Waals surface area contributed by atoms with Crippen molar-refractivity contribution in [2.75, 3.05) is 14.2 Å². The molecule has 0 aromatic carbocycles. The van der Waals surface area contributed by atoms with E-state index in [9.17, 15) is 5.11 Å². The lowest BCUT2D eigenvalue weighted by molar-refractivity contribution is 0.143. The Labute approximate surface area is 82.5 Å². The van der Waals surface area contributed by atoms with Gasteiger partial charge in [0.1, 0.15) is 11.5 Å². The maximum Gasteiger partial charge on any atom is 0.146 e. The van der Waals surface area contributed by atoms with E-state index in [0.29, 0.717) is 11.5 Å². The Morgan fingerprint density at radius 2 is 1.71 bits per heavy atom. The number of hydrogen-bond donors (Lipinski definition) is 1. The molecule has 1 aliphatic rings. The van der Waals surface area contributed by atoms with Gasteiger partial charge in [-0.15, -0.1) is 0 Å². The molecule has 1 saturated carbocycles. The molecule has 0 saturated heterocycles. The number of methoxy groups -OCH3 is 2. The molecule has 0 spiro atoms. The van der Waals surface area contributed by atoms with Crippen LogP contribution in [0.4, 0.5) is 0 Å². The van der Waals surface area contributed by atoms with E-state index in [1.54, 1.807) is 26.6 Å². The molecule has 0 atom stereocenters. The number of hydrogen-bond acceptors (Lipinski definition) is 4. The summed E-state index contributed by atoms with van der Waals surface area (Å²) in [6.45, 7) is 0. The minimum absolute atomic E-state index is 0.587. The van der Waals surface area contributed by atoms with Gasteiger partial charge in [0.15, 0.2) is 0 Å². The molecule has 76 valence electrons. The highest BCUT2D eigenvalue weighted by molar-refractivity contribution is 5.48. The highest BCUT2D eigenvalue weighted by Crippen LogP contribution is 2.51. The second-order valence-corrected chi connectivity index (χ2v) is 3.45. The Balaban J connectivity index is 2.52. The molecule has 14 heavy (non-hydrogen) atoms. The molecule has 0 amide bonds. The van der Waals surface area contributed by atoms with Crippen molar-refractivity contribution in [1.82, 2.24) is 4.98 Å². The first-order chi connectivity index (χ1) is 6.71. The molecule has 1 aromatic rings. The molecule has 1 heterocycles. The number of aliphatic hydroxyl groups is 1. The molecular formula is C10H13NO3. The van der Waals surface area contributed by atoms with Gasteiger partial charge in [0, 0.05) is 0 Å². The predicted molar refractivity (Wildman–Crippen MR) is 50.5 cm³/mol. The molecule has 0 radical (unpaired) electrons. The average molecular weight is 195 g/mol. The summed E-state index contributed by atoms with van der Waals surface area (Å²) in [7, 11) is 3.12. The average Bonchev–Trinajstić information content (AvgIpc) is 2.96. The van der Waals surface area contributed by atoms with E-state index in [4.69, 9.17) is 9.47 Å². The summed E-state index contributed by atoms with van der Waals surface area (Å²) in [5.41, 5.74) is -0.0444. The molecule has 1 N–H and O–H groups in total. The van der Waals surface area contributed by atoms with E-state index >= 15 is 0 Å². The van der Waals surface area contributed by atoms with Crippen LogP contribution in [0.25, 0.3) is 0 Å². The van der Waals surface area contributed by atoms with Crippen molar-refractivity contribution in [2.45, 2.75) is 18.4 Å². The lowest BCUT2D eigenvalue weighted by Crippen LogP contribution is -2.09. The molecule has 4 nitrogen and oxygen atoms in total. The van der Waals surface area contributed by atoms with Gasteiger partial charge >= 0.3 is 0 Å². The van der Waals surface area contributed by atoms with Gasteiger partial charge in [-0.25, -0.2) is 0 Å². The zero-order valence-electron chi connectivity index (χ0n) is 8.28. The quantitative estimate of drug-likeness (QED) is 0.784. The van der Waals surface area contributed by atoms with Crippen molar-refractivity contribution in [3.05, 3.63) is 18.0 Å². The topological polar surface area (TPSA) is 51.6 Å². The first kappa shape index (κ1) is 9.27. The Morgan fingerprint density at radius 1 is 1.21 bits per heavy atom. The van der Waals surface area contributed by atoms with E-state index in [-0.39, 0.29) is 0 Å². The van der Waals surface area contributed by atoms with Crippen LogP contribution in [-0.4, -0.2) is 24.3 Å². The zero-order chi connectivity index (χ0) is 10.2. The molecule has 1 fully saturated rings. The molecule has 1 aromatic heterocycles. The fourth-order valence-electron chi connectivity index (χ4n) is 1.56. The van der Waals surface area contributed by atoms with Crippen LogP contribution in [0.1, 0.15) is 18.4 Å². The van der Waals surface area contributed by atoms with E-state index in [1.807, 2.05) is 0 Å². The molecule has 1 aliphatic carbocycles. The maximum absolute atomic E-state index is 10.0. The Morgan fingerprint density at radius 3 is 2.07 bits per heavy atom. The smallest absolute Gasteiger partial charge is 0.146 e. The zero-order valence-corrected chi connectivity index (χ0v) is 8.28. The van der Waals surface area contributed by atoms with Crippen LogP contribution in [0.3, 0.4) is 0 Å². The van der Waals surface area contributed by atoms with Crippen LogP contribution in [0.5, 0.6) is 11.5 Å². The van der Waals surface area contributed by atoms with E-state index in [0.717, 1.165) is 18.4 Å². The Bertz CT molecular complexity index is 325. The molecule has 0 bridgehead atoms. The van der Waals surface area contributed by atoms with E-state index in [1.165, 1.54) is 0 Å². The lowest BCUT2D eigenvalue weighted by atomic mass is 10.1. The van der Waals surface area contributed by atoms with Crippen LogP contribution in [0.2, 0.25) is 0 Å². The van der Waals surface area contributed by atoms with Crippen molar-refractivity contribution < 1.29 is 14.6 Å². The number of pyridine rings is 1. The highest BCUT2D eigenvalue weighted by atomic mass is 16.5. The van der Waals surface area contributed by atoms with Crippen LogP contribution < -0.4 is 9.47 Å². The van der Waals surface area contributed by atoms with Crippen molar-refractivity contribution in [1.29, 1.82) is 0 Å². The predicted octanol–water partition coefficient (Wildman–Crippen LogP) is 1.08. The summed E-state index contributed by atoms with van der Waals surface area (Å²) in [6.07, 6.45) is 4.69. The van der Waals surface area contributed by atoms with Gasteiger partial charge in [0.25, 0.3) is 0 Å². The van der Waals surface area contributed by atoms with Crippen LogP contribution in [0.15, 0.2) is 12.4 Å². The van der Waals surface area contributed by atoms with Gasteiger partial charge in [-0.3, -0.25) is 4.98 Å². The van der Waals surface area contributed by atoms with E-state index in [2.05, 4.69) is 4.98 Å². The number of aromatic nitrogens is 1. The summed E-state index contributed by atoms with van der Waals surface area (Å²) in [6, 6.07) is 0. The van der Waals surface area contributed by atoms with Gasteiger partial charge in [0.05, 0.1) is 37.8 Å². The molecule has 0 unspecified atom stereocenters. The minimum atomic E-state index is -0.764. The largest absolute Gasteiger partial charge is 0.495 e. The van der Waals surface area contributed by atoms with Crippen molar-refractivity contribution in [2.24, 2.45) is 0 Å². The van der Waals surface area contributed by atoms with Crippen LogP contribution in [-0.2, 0) is 5.60 Å². The third-order valence-corrected chi connectivity index (χ3v) is 2.51. The minimum Gasteiger partial charge on any atom is -0.495 e. The first-order valence-corrected chi connectivity index (χ1v) is 4.50. The Hall–Kier alpha value is -1.29. The van der Waals surface area contributed by atoms with Crippen LogP contribution >= 0.6 is 0 Å². The van der Waals surface area contributed by atoms with E-state index < -0.39 is 5.60 Å². The monoisotopic (exact) mass is 195 g/mol. The normalized spacial score (nSPS) is 17.6. The summed E-state index contributed by atoms with van der Waals surface area (Å²) in [5, 5.41) is 10.0. The molecule has 2 rings (SSSR count). The van der Waals surface area contributed by atoms with Gasteiger partial charge in [0.2, 0.25) is 0 Å². The first-order valence-electron chi connectivity index (χ1n) is 4.50. The Kier molecular flexibility index (Phi) is 2.07. The SMILES string of the molecule is COc1cncc(OC)c1C1(O)CC1. The second-order valence-electron chi connectivity index (χ2n) is 3.45. The molecule has 0 aliphatic heterocycles. The van der Waals surface area contributed by atoms with Crippen molar-refractivity contribution >= 4 is 0 Å². The molecule has 4 heteroatoms. The summed E-state index contributed by atoms with van der Waals surface area (Å²) < 4.78 is 10.3. The lowest BCUT2D eigenvalue weighted by Gasteiger charge is -2.16. The molecular weight excluding hydrogens is 182 g/mol. The van der Waals surface area contributed by atoms with Gasteiger partial charge in [-0.2, -0.15) is 0 Å². The number of rotatable bonds is 3. The number of ether oxygens (including phenoxy) is 2. The summed E-state index contributed by atoms with van der Waals surface area (Å²) in [4.78, 5) is 3.97. The summed E-state index contributed by atoms with van der Waals surface area (Å²) >= 11 is 0. The fraction of sp³-hybridized carbons (Fsp3) is 0.500. The van der Waals surface area contributed by atoms with Crippen molar-refractivity contribution in [3.63, 3.8) is 0 Å². The highest BCUT2D eigenvalue weighted by Gasteiger charge is 2.46. The third-order valence-electron chi connectivity index (χ3n) is 2.51. The second kappa shape index (κ2) is 3.13. The summed E-state index contributed by atoms with van der Waals surface area (Å²) in [5.74, 6) is 1.17. The third kappa shape index (κ3) is 1.32. The standard InChI is InChI=1S/C10H13NO3/c1-13-7-5-11-6-8(14-2)9(7)10(12)3-4-10/h5-6,12H,3-4H2,1-2H3. The van der Waals surface area contributed by atoms with Gasteiger partial charge in [-0.05, 0) is 12.8 Å². The van der Waals surface area contributed by atoms with Gasteiger partial charge in [-0.1, -0.05) is 0 Å². The van der Waals surface area contributed by atoms with Crippen molar-refractivity contribution in [3.8, 4) is 11.5 Å². The number of nitrogens with zero attached hydrogens (tertiary/aromatic N) is 1. The van der Waals surface area contributed by atoms with Crippen LogP contribution in [0, 0.1) is 0 Å². The maximum atomic E-state index is 10.0.